The van der Waals surface area contributed by atoms with E-state index in [2.05, 4.69) is 4.74 Å². The van der Waals surface area contributed by atoms with Crippen molar-refractivity contribution >= 4 is 17.6 Å². The lowest BCUT2D eigenvalue weighted by Gasteiger charge is -2.25. The van der Waals surface area contributed by atoms with E-state index in [1.165, 1.54) is 7.11 Å². The molecular formula is C12H16ClNO3. The number of hydrogen-bond donors (Lipinski definition) is 2. The number of methoxy groups -OCH3 is 1. The van der Waals surface area contributed by atoms with E-state index in [0.717, 1.165) is 5.56 Å². The Morgan fingerprint density at radius 3 is 2.71 bits per heavy atom. The van der Waals surface area contributed by atoms with E-state index >= 15 is 0 Å². The lowest BCUT2D eigenvalue weighted by molar-refractivity contribution is -0.141. The van der Waals surface area contributed by atoms with E-state index in [1.807, 2.05) is 6.92 Å². The van der Waals surface area contributed by atoms with Gasteiger partial charge in [0.05, 0.1) is 24.1 Å². The fourth-order valence-corrected chi connectivity index (χ4v) is 1.91. The van der Waals surface area contributed by atoms with Crippen LogP contribution in [0.15, 0.2) is 12.1 Å². The van der Waals surface area contributed by atoms with Crippen molar-refractivity contribution in [1.82, 2.24) is 0 Å². The summed E-state index contributed by atoms with van der Waals surface area (Å²) in [6.45, 7) is 3.48. The number of aromatic hydroxyl groups is 1. The molecule has 0 unspecified atom stereocenters. The van der Waals surface area contributed by atoms with Crippen molar-refractivity contribution in [2.24, 2.45) is 5.73 Å². The molecule has 4 nitrogen and oxygen atoms in total. The largest absolute Gasteiger partial charge is 0.506 e. The Bertz CT molecular complexity index is 444. The molecular weight excluding hydrogens is 242 g/mol. The normalized spacial score (nSPS) is 14.2. The molecule has 17 heavy (non-hydrogen) atoms. The van der Waals surface area contributed by atoms with Crippen LogP contribution in [0.1, 0.15) is 24.5 Å². The summed E-state index contributed by atoms with van der Waals surface area (Å²) < 4.78 is 4.57. The zero-order valence-corrected chi connectivity index (χ0v) is 10.8. The molecule has 94 valence electrons. The van der Waals surface area contributed by atoms with Gasteiger partial charge < -0.3 is 15.6 Å². The average Bonchev–Trinajstić information content (AvgIpc) is 2.22. The van der Waals surface area contributed by atoms with Gasteiger partial charge in [-0.05, 0) is 25.5 Å². The third kappa shape index (κ3) is 3.11. The molecule has 1 atom stereocenters. The smallest absolute Gasteiger partial charge is 0.307 e. The third-order valence-corrected chi connectivity index (χ3v) is 2.85. The predicted molar refractivity (Wildman–Crippen MR) is 66.0 cm³/mol. The molecule has 1 aromatic carbocycles. The predicted octanol–water partition coefficient (Wildman–Crippen LogP) is 2.09. The maximum Gasteiger partial charge on any atom is 0.307 e. The number of halogens is 1. The van der Waals surface area contributed by atoms with Crippen molar-refractivity contribution in [1.29, 1.82) is 0 Å². The van der Waals surface area contributed by atoms with Gasteiger partial charge in [0.1, 0.15) is 5.75 Å². The fraction of sp³-hybridized carbons (Fsp3) is 0.417. The quantitative estimate of drug-likeness (QED) is 0.814. The number of nitrogens with two attached hydrogens (primary N) is 1. The number of benzene rings is 1. The Balaban J connectivity index is 3.18. The molecule has 1 rings (SSSR count). The highest BCUT2D eigenvalue weighted by atomic mass is 35.5. The van der Waals surface area contributed by atoms with E-state index in [9.17, 15) is 9.90 Å². The first kappa shape index (κ1) is 13.8. The Morgan fingerprint density at radius 1 is 1.59 bits per heavy atom. The average molecular weight is 258 g/mol. The summed E-state index contributed by atoms with van der Waals surface area (Å²) in [5, 5.41) is 10.1. The van der Waals surface area contributed by atoms with Gasteiger partial charge in [0.25, 0.3) is 0 Å². The molecule has 0 spiro atoms. The number of ether oxygens (including phenoxy) is 1. The van der Waals surface area contributed by atoms with Crippen molar-refractivity contribution in [3.05, 3.63) is 28.3 Å². The van der Waals surface area contributed by atoms with Crippen LogP contribution in [0.2, 0.25) is 5.02 Å². The van der Waals surface area contributed by atoms with Crippen LogP contribution in [0.4, 0.5) is 0 Å². The van der Waals surface area contributed by atoms with E-state index in [4.69, 9.17) is 17.3 Å². The summed E-state index contributed by atoms with van der Waals surface area (Å²) >= 11 is 5.87. The molecule has 0 fully saturated rings. The highest BCUT2D eigenvalue weighted by molar-refractivity contribution is 6.32. The summed E-state index contributed by atoms with van der Waals surface area (Å²) in [5.41, 5.74) is 6.32. The van der Waals surface area contributed by atoms with E-state index in [1.54, 1.807) is 19.1 Å². The summed E-state index contributed by atoms with van der Waals surface area (Å²) in [6, 6.07) is 3.35. The highest BCUT2D eigenvalue weighted by Gasteiger charge is 2.29. The SMILES string of the molecule is COC(=O)C[C@](C)(N)c1cc(C)cc(Cl)c1O. The fourth-order valence-electron chi connectivity index (χ4n) is 1.64. The number of rotatable bonds is 3. The zero-order valence-electron chi connectivity index (χ0n) is 10.1. The third-order valence-electron chi connectivity index (χ3n) is 2.56. The molecule has 0 bridgehead atoms. The van der Waals surface area contributed by atoms with Crippen molar-refractivity contribution < 1.29 is 14.6 Å². The van der Waals surface area contributed by atoms with Gasteiger partial charge in [-0.3, -0.25) is 4.79 Å². The van der Waals surface area contributed by atoms with E-state index in [0.29, 0.717) is 5.56 Å². The van der Waals surface area contributed by atoms with Crippen LogP contribution in [0.3, 0.4) is 0 Å². The van der Waals surface area contributed by atoms with Gasteiger partial charge in [0.15, 0.2) is 0 Å². The second-order valence-electron chi connectivity index (χ2n) is 4.31. The van der Waals surface area contributed by atoms with Gasteiger partial charge in [-0.15, -0.1) is 0 Å². The standard InChI is InChI=1S/C12H16ClNO3/c1-7-4-8(11(16)9(13)5-7)12(2,14)6-10(15)17-3/h4-5,16H,6,14H2,1-3H3/t12-/m0/s1. The molecule has 0 aliphatic rings. The summed E-state index contributed by atoms with van der Waals surface area (Å²) in [4.78, 5) is 11.3. The van der Waals surface area contributed by atoms with Crippen molar-refractivity contribution in [2.45, 2.75) is 25.8 Å². The van der Waals surface area contributed by atoms with E-state index < -0.39 is 11.5 Å². The van der Waals surface area contributed by atoms with Gasteiger partial charge in [0, 0.05) is 5.56 Å². The number of hydrogen-bond acceptors (Lipinski definition) is 4. The van der Waals surface area contributed by atoms with Crippen LogP contribution in [-0.4, -0.2) is 18.2 Å². The molecule has 0 amide bonds. The number of carbonyl (C=O) groups excluding carboxylic acids is 1. The Kier molecular flexibility index (Phi) is 4.01. The number of carbonyl (C=O) groups is 1. The molecule has 0 radical (unpaired) electrons. The van der Waals surface area contributed by atoms with Crippen LogP contribution in [0.5, 0.6) is 5.75 Å². The van der Waals surface area contributed by atoms with E-state index in [-0.39, 0.29) is 17.2 Å². The molecule has 0 heterocycles. The minimum Gasteiger partial charge on any atom is -0.506 e. The van der Waals surface area contributed by atoms with Crippen molar-refractivity contribution in [2.75, 3.05) is 7.11 Å². The monoisotopic (exact) mass is 257 g/mol. The van der Waals surface area contributed by atoms with Crippen molar-refractivity contribution in [3.63, 3.8) is 0 Å². The molecule has 0 saturated carbocycles. The molecule has 0 saturated heterocycles. The molecule has 0 aliphatic heterocycles. The Hall–Kier alpha value is -1.26. The van der Waals surface area contributed by atoms with Crippen LogP contribution >= 0.6 is 11.6 Å². The van der Waals surface area contributed by atoms with Crippen LogP contribution < -0.4 is 5.73 Å². The maximum atomic E-state index is 11.3. The lowest BCUT2D eigenvalue weighted by atomic mass is 9.88. The minimum absolute atomic E-state index is 0.0309. The van der Waals surface area contributed by atoms with Crippen LogP contribution in [0.25, 0.3) is 0 Å². The maximum absolute atomic E-state index is 11.3. The van der Waals surface area contributed by atoms with Gasteiger partial charge in [-0.25, -0.2) is 0 Å². The first-order valence-corrected chi connectivity index (χ1v) is 5.51. The van der Waals surface area contributed by atoms with Crippen molar-refractivity contribution in [3.8, 4) is 5.75 Å². The Labute approximate surface area is 105 Å². The molecule has 5 heteroatoms. The van der Waals surface area contributed by atoms with Gasteiger partial charge in [-0.2, -0.15) is 0 Å². The molecule has 3 N–H and O–H groups in total. The number of aryl methyl sites for hydroxylation is 1. The first-order chi connectivity index (χ1) is 7.77. The first-order valence-electron chi connectivity index (χ1n) is 5.13. The Morgan fingerprint density at radius 2 is 2.18 bits per heavy atom. The summed E-state index contributed by atoms with van der Waals surface area (Å²) in [6.07, 6.45) is -0.0309. The van der Waals surface area contributed by atoms with Gasteiger partial charge in [0.2, 0.25) is 0 Å². The molecule has 1 aromatic rings. The lowest BCUT2D eigenvalue weighted by Crippen LogP contribution is -2.36. The molecule has 0 aliphatic carbocycles. The topological polar surface area (TPSA) is 72.5 Å². The van der Waals surface area contributed by atoms with Crippen LogP contribution in [-0.2, 0) is 15.1 Å². The molecule has 0 aromatic heterocycles. The highest BCUT2D eigenvalue weighted by Crippen LogP contribution is 2.36. The number of phenols is 1. The summed E-state index contributed by atoms with van der Waals surface area (Å²) in [5.74, 6) is -0.529. The van der Waals surface area contributed by atoms with Gasteiger partial charge in [-0.1, -0.05) is 17.7 Å². The van der Waals surface area contributed by atoms with Gasteiger partial charge >= 0.3 is 5.97 Å². The minimum atomic E-state index is -1.02. The van der Waals surface area contributed by atoms with Crippen LogP contribution in [0, 0.1) is 6.92 Å². The summed E-state index contributed by atoms with van der Waals surface area (Å²) in [7, 11) is 1.29. The zero-order chi connectivity index (χ0) is 13.2. The second kappa shape index (κ2) is 4.94. The number of esters is 1. The second-order valence-corrected chi connectivity index (χ2v) is 4.72. The number of phenolic OH excluding ortho intramolecular Hbond substituents is 1.